The molecule has 0 radical (unpaired) electrons. The molecule has 0 aliphatic heterocycles. The van der Waals surface area contributed by atoms with Crippen molar-refractivity contribution < 1.29 is 25.8 Å². The van der Waals surface area contributed by atoms with Crippen LogP contribution >= 0.6 is 0 Å². The Morgan fingerprint density at radius 2 is 1.59 bits per heavy atom. The number of hydrogen-bond acceptors (Lipinski definition) is 0. The molecule has 0 fully saturated rings. The quantitative estimate of drug-likeness (QED) is 0.303. The summed E-state index contributed by atoms with van der Waals surface area (Å²) in [5.74, 6) is 0. The van der Waals surface area contributed by atoms with Gasteiger partial charge in [-0.3, -0.25) is 0 Å². The minimum absolute atomic E-state index is 0. The molecular weight excluding hydrogens is 431 g/mol. The average Bonchev–Trinajstić information content (AvgIpc) is 2.73. The molecule has 0 unspecified atom stereocenters. The van der Waals surface area contributed by atoms with E-state index in [1.54, 1.807) is 0 Å². The van der Waals surface area contributed by atoms with Crippen molar-refractivity contribution in [2.75, 3.05) is 0 Å². The van der Waals surface area contributed by atoms with E-state index in [9.17, 15) is 0 Å². The van der Waals surface area contributed by atoms with Crippen LogP contribution in [-0.2, 0) is 43.1 Å². The average molecular weight is 456 g/mol. The Balaban J connectivity index is 0.00000176. The fraction of sp³-hybridized carbons (Fsp3) is 0.429. The van der Waals surface area contributed by atoms with Gasteiger partial charge >= 0.3 is 0 Å². The molecular formula is C21H25Hf-. The van der Waals surface area contributed by atoms with Gasteiger partial charge in [-0.05, 0) is 23.0 Å². The minimum atomic E-state index is 0. The zero-order chi connectivity index (χ0) is 15.4. The van der Waals surface area contributed by atoms with E-state index in [0.717, 1.165) is 6.42 Å². The predicted molar refractivity (Wildman–Crippen MR) is 90.9 cm³/mol. The zero-order valence-electron chi connectivity index (χ0n) is 14.6. The molecule has 0 atom stereocenters. The zero-order valence-corrected chi connectivity index (χ0v) is 18.2. The molecule has 0 amide bonds. The van der Waals surface area contributed by atoms with Crippen molar-refractivity contribution in [2.45, 2.75) is 58.8 Å². The molecule has 1 aliphatic carbocycles. The van der Waals surface area contributed by atoms with Crippen LogP contribution in [0.3, 0.4) is 0 Å². The third kappa shape index (κ3) is 3.02. The van der Waals surface area contributed by atoms with Crippen LogP contribution in [0.4, 0.5) is 0 Å². The van der Waals surface area contributed by atoms with Crippen LogP contribution < -0.4 is 0 Å². The molecule has 0 saturated carbocycles. The molecule has 1 aliphatic rings. The van der Waals surface area contributed by atoms with E-state index in [1.807, 2.05) is 0 Å². The van der Waals surface area contributed by atoms with Crippen LogP contribution in [-0.4, -0.2) is 0 Å². The SMILES string of the molecule is CC(C)(C)c1c[c-]c2c(c1)-c1cccc(C(C)(C)C)c1C2.[Hf]. The smallest absolute Gasteiger partial charge is 0 e. The number of rotatable bonds is 0. The minimum Gasteiger partial charge on any atom is -0.179 e. The molecule has 0 heterocycles. The first-order valence-corrected chi connectivity index (χ1v) is 7.86. The molecule has 1 heteroatoms. The van der Waals surface area contributed by atoms with Gasteiger partial charge < -0.3 is 0 Å². The summed E-state index contributed by atoms with van der Waals surface area (Å²) in [6.07, 6.45) is 1.03. The van der Waals surface area contributed by atoms with Gasteiger partial charge in [0.15, 0.2) is 0 Å². The molecule has 22 heavy (non-hydrogen) atoms. The first kappa shape index (κ1) is 17.7. The Kier molecular flexibility index (Phi) is 4.61. The van der Waals surface area contributed by atoms with Crippen molar-refractivity contribution in [3.05, 3.63) is 58.7 Å². The van der Waals surface area contributed by atoms with E-state index in [0.29, 0.717) is 0 Å². The second-order valence-corrected chi connectivity index (χ2v) is 8.29. The van der Waals surface area contributed by atoms with Crippen molar-refractivity contribution in [1.82, 2.24) is 0 Å². The molecule has 3 rings (SSSR count). The molecule has 2 aromatic rings. The fourth-order valence-electron chi connectivity index (χ4n) is 3.26. The summed E-state index contributed by atoms with van der Waals surface area (Å²) in [5.41, 5.74) is 8.88. The molecule has 2 aromatic carbocycles. The summed E-state index contributed by atoms with van der Waals surface area (Å²) in [7, 11) is 0. The van der Waals surface area contributed by atoms with Gasteiger partial charge in [0.25, 0.3) is 0 Å². The maximum absolute atomic E-state index is 3.55. The molecule has 0 bridgehead atoms. The van der Waals surface area contributed by atoms with Crippen LogP contribution in [0.1, 0.15) is 63.8 Å². The summed E-state index contributed by atoms with van der Waals surface area (Å²) >= 11 is 0. The molecule has 0 N–H and O–H groups in total. The fourth-order valence-corrected chi connectivity index (χ4v) is 3.26. The van der Waals surface area contributed by atoms with Crippen molar-refractivity contribution >= 4 is 0 Å². The van der Waals surface area contributed by atoms with Crippen molar-refractivity contribution in [3.63, 3.8) is 0 Å². The normalized spacial score (nSPS) is 13.4. The van der Waals surface area contributed by atoms with Crippen LogP contribution in [0.15, 0.2) is 30.3 Å². The maximum Gasteiger partial charge on any atom is 0 e. The molecule has 0 spiro atoms. The second-order valence-electron chi connectivity index (χ2n) is 8.29. The summed E-state index contributed by atoms with van der Waals surface area (Å²) in [6, 6.07) is 14.9. The van der Waals surface area contributed by atoms with Crippen LogP contribution in [0.2, 0.25) is 0 Å². The van der Waals surface area contributed by atoms with Crippen LogP contribution in [0.5, 0.6) is 0 Å². The summed E-state index contributed by atoms with van der Waals surface area (Å²) in [4.78, 5) is 0. The van der Waals surface area contributed by atoms with Crippen molar-refractivity contribution in [2.24, 2.45) is 0 Å². The first-order valence-electron chi connectivity index (χ1n) is 7.86. The van der Waals surface area contributed by atoms with Gasteiger partial charge in [0, 0.05) is 25.8 Å². The van der Waals surface area contributed by atoms with E-state index in [1.165, 1.54) is 33.4 Å². The third-order valence-electron chi connectivity index (χ3n) is 4.52. The summed E-state index contributed by atoms with van der Waals surface area (Å²) in [6.45, 7) is 13.7. The number of benzene rings is 2. The Morgan fingerprint density at radius 3 is 2.18 bits per heavy atom. The topological polar surface area (TPSA) is 0 Å². The monoisotopic (exact) mass is 457 g/mol. The van der Waals surface area contributed by atoms with Crippen molar-refractivity contribution in [1.29, 1.82) is 0 Å². The standard InChI is InChI=1S/C21H25.Hf/c1-20(2,3)15-11-10-14-12-18-16(17(14)13-15)8-7-9-19(18)21(4,5)6;/h7-9,11,13H,12H2,1-6H3;/q-1;. The van der Waals surface area contributed by atoms with Crippen LogP contribution in [0.25, 0.3) is 11.1 Å². The Morgan fingerprint density at radius 1 is 0.909 bits per heavy atom. The largest absolute Gasteiger partial charge is 0.179 e. The van der Waals surface area contributed by atoms with Gasteiger partial charge in [0.05, 0.1) is 0 Å². The van der Waals surface area contributed by atoms with E-state index in [2.05, 4.69) is 77.9 Å². The molecule has 0 aromatic heterocycles. The Hall–Kier alpha value is -0.690. The van der Waals surface area contributed by atoms with Crippen molar-refractivity contribution in [3.8, 4) is 11.1 Å². The van der Waals surface area contributed by atoms with Gasteiger partial charge in [0.2, 0.25) is 0 Å². The maximum atomic E-state index is 3.55. The van der Waals surface area contributed by atoms with Gasteiger partial charge in [-0.1, -0.05) is 70.7 Å². The predicted octanol–water partition coefficient (Wildman–Crippen LogP) is 5.65. The molecule has 114 valence electrons. The Bertz CT molecular complexity index is 697. The van der Waals surface area contributed by atoms with Gasteiger partial charge in [-0.15, -0.1) is 5.56 Å². The number of fused-ring (bicyclic) bond motifs is 3. The molecule has 0 nitrogen and oxygen atoms in total. The van der Waals surface area contributed by atoms with E-state index >= 15 is 0 Å². The third-order valence-corrected chi connectivity index (χ3v) is 4.52. The van der Waals surface area contributed by atoms with Gasteiger partial charge in [-0.25, -0.2) is 0 Å². The van der Waals surface area contributed by atoms with E-state index < -0.39 is 0 Å². The molecule has 0 saturated heterocycles. The first-order chi connectivity index (χ1) is 9.68. The van der Waals surface area contributed by atoms with E-state index in [-0.39, 0.29) is 36.7 Å². The van der Waals surface area contributed by atoms with Gasteiger partial charge in [-0.2, -0.15) is 29.3 Å². The summed E-state index contributed by atoms with van der Waals surface area (Å²) < 4.78 is 0. The van der Waals surface area contributed by atoms with Crippen LogP contribution in [0, 0.1) is 6.07 Å². The Labute approximate surface area is 154 Å². The second kappa shape index (κ2) is 5.74. The number of hydrogen-bond donors (Lipinski definition) is 0. The van der Waals surface area contributed by atoms with Gasteiger partial charge in [0.1, 0.15) is 0 Å². The summed E-state index contributed by atoms with van der Waals surface area (Å²) in [5, 5.41) is 0. The van der Waals surface area contributed by atoms with E-state index in [4.69, 9.17) is 0 Å².